The summed E-state index contributed by atoms with van der Waals surface area (Å²) in [5, 5.41) is 12.5. The summed E-state index contributed by atoms with van der Waals surface area (Å²) in [5.74, 6) is -0.595. The normalized spacial score (nSPS) is 17.3. The molecule has 1 aliphatic heterocycles. The van der Waals surface area contributed by atoms with Crippen LogP contribution in [-0.4, -0.2) is 28.6 Å². The van der Waals surface area contributed by atoms with Gasteiger partial charge in [0.15, 0.2) is 0 Å². The van der Waals surface area contributed by atoms with E-state index in [1.165, 1.54) is 23.6 Å². The minimum atomic E-state index is -1.05. The van der Waals surface area contributed by atoms with Crippen LogP contribution < -0.4 is 5.32 Å². The van der Waals surface area contributed by atoms with Crippen molar-refractivity contribution in [3.63, 3.8) is 0 Å². The van der Waals surface area contributed by atoms with E-state index >= 15 is 0 Å². The van der Waals surface area contributed by atoms with Crippen LogP contribution in [0.25, 0.3) is 0 Å². The maximum atomic E-state index is 12.1. The fraction of sp³-hybridized carbons (Fsp3) is 0.400. The maximum Gasteiger partial charge on any atom is 0.339 e. The van der Waals surface area contributed by atoms with Crippen molar-refractivity contribution in [1.82, 2.24) is 10.3 Å². The summed E-state index contributed by atoms with van der Waals surface area (Å²) in [6.07, 6.45) is 3.47. The number of ether oxygens (including phenoxy) is 1. The number of rotatable bonds is 5. The van der Waals surface area contributed by atoms with Gasteiger partial charge >= 0.3 is 5.97 Å². The minimum Gasteiger partial charge on any atom is -0.478 e. The van der Waals surface area contributed by atoms with Crippen molar-refractivity contribution in [3.8, 4) is 0 Å². The molecule has 1 amide bonds. The summed E-state index contributed by atoms with van der Waals surface area (Å²) < 4.78 is 10.9. The number of carboxylic acids is 1. The maximum absolute atomic E-state index is 12.1. The predicted molar refractivity (Wildman–Crippen MR) is 81.6 cm³/mol. The second kappa shape index (κ2) is 6.51. The van der Waals surface area contributed by atoms with E-state index in [-0.39, 0.29) is 24.1 Å². The highest BCUT2D eigenvalue weighted by atomic mass is 32.1. The molecule has 0 saturated carbocycles. The fourth-order valence-corrected chi connectivity index (χ4v) is 3.33. The molecule has 3 rings (SSSR count). The number of furan rings is 1. The molecule has 122 valence electrons. The number of aromatic nitrogens is 1. The molecule has 3 heterocycles. The van der Waals surface area contributed by atoms with Crippen LogP contribution in [0.4, 0.5) is 0 Å². The van der Waals surface area contributed by atoms with Gasteiger partial charge in [-0.25, -0.2) is 9.78 Å². The first-order valence-electron chi connectivity index (χ1n) is 7.22. The number of carbonyl (C=O) groups is 2. The van der Waals surface area contributed by atoms with E-state index in [9.17, 15) is 9.59 Å². The third-order valence-corrected chi connectivity index (χ3v) is 4.66. The van der Waals surface area contributed by atoms with Crippen LogP contribution in [0.1, 0.15) is 55.5 Å². The van der Waals surface area contributed by atoms with E-state index in [0.717, 1.165) is 24.5 Å². The number of hydrogen-bond donors (Lipinski definition) is 2. The molecule has 0 spiro atoms. The molecule has 2 aromatic heterocycles. The average molecular weight is 336 g/mol. The SMILES string of the molecule is Cc1oc(CNC(=O)c2cnc([C@H]3CCCO3)s2)cc1C(=O)O. The van der Waals surface area contributed by atoms with Gasteiger partial charge in [-0.05, 0) is 25.8 Å². The smallest absolute Gasteiger partial charge is 0.339 e. The van der Waals surface area contributed by atoms with Gasteiger partial charge in [0.25, 0.3) is 5.91 Å². The molecule has 2 N–H and O–H groups in total. The Balaban J connectivity index is 1.61. The van der Waals surface area contributed by atoms with E-state index in [1.54, 1.807) is 6.92 Å². The van der Waals surface area contributed by atoms with E-state index in [2.05, 4.69) is 10.3 Å². The van der Waals surface area contributed by atoms with Gasteiger partial charge in [0.1, 0.15) is 33.1 Å². The standard InChI is InChI=1S/C15H16N2O5S/c1-8-10(15(19)20)5-9(22-8)6-16-13(18)12-7-17-14(23-12)11-3-2-4-21-11/h5,7,11H,2-4,6H2,1H3,(H,16,18)(H,19,20)/t11-/m1/s1. The van der Waals surface area contributed by atoms with Crippen molar-refractivity contribution in [2.45, 2.75) is 32.4 Å². The topological polar surface area (TPSA) is 102 Å². The lowest BCUT2D eigenvalue weighted by molar-refractivity contribution is 0.0694. The Morgan fingerprint density at radius 1 is 1.52 bits per heavy atom. The number of amides is 1. The average Bonchev–Trinajstić information content (AvgIpc) is 3.24. The molecular formula is C15H16N2O5S. The second-order valence-electron chi connectivity index (χ2n) is 5.23. The molecule has 1 fully saturated rings. The van der Waals surface area contributed by atoms with E-state index in [1.807, 2.05) is 0 Å². The lowest BCUT2D eigenvalue weighted by Gasteiger charge is -2.03. The second-order valence-corrected chi connectivity index (χ2v) is 6.30. The number of thiazole rings is 1. The van der Waals surface area contributed by atoms with Crippen LogP contribution in [0.5, 0.6) is 0 Å². The third-order valence-electron chi connectivity index (χ3n) is 3.57. The van der Waals surface area contributed by atoms with Crippen LogP contribution in [0.15, 0.2) is 16.7 Å². The van der Waals surface area contributed by atoms with Gasteiger partial charge in [-0.1, -0.05) is 0 Å². The van der Waals surface area contributed by atoms with Crippen molar-refractivity contribution in [1.29, 1.82) is 0 Å². The summed E-state index contributed by atoms with van der Waals surface area (Å²) in [6.45, 7) is 2.43. The fourth-order valence-electron chi connectivity index (χ4n) is 2.41. The Kier molecular flexibility index (Phi) is 4.44. The third kappa shape index (κ3) is 3.43. The number of nitrogens with one attached hydrogen (secondary N) is 1. The quantitative estimate of drug-likeness (QED) is 0.870. The van der Waals surface area contributed by atoms with Crippen molar-refractivity contribution in [2.75, 3.05) is 6.61 Å². The molecule has 0 aliphatic carbocycles. The summed E-state index contributed by atoms with van der Waals surface area (Å²) in [4.78, 5) is 27.8. The van der Waals surface area contributed by atoms with Gasteiger partial charge in [-0.3, -0.25) is 4.79 Å². The zero-order valence-corrected chi connectivity index (χ0v) is 13.3. The molecule has 7 nitrogen and oxygen atoms in total. The number of nitrogens with zero attached hydrogens (tertiary/aromatic N) is 1. The van der Waals surface area contributed by atoms with E-state index in [4.69, 9.17) is 14.3 Å². The summed E-state index contributed by atoms with van der Waals surface area (Å²) in [5.41, 5.74) is 0.104. The van der Waals surface area contributed by atoms with Crippen molar-refractivity contribution in [3.05, 3.63) is 39.2 Å². The monoisotopic (exact) mass is 336 g/mol. The molecule has 1 aliphatic rings. The number of carbonyl (C=O) groups excluding carboxylic acids is 1. The van der Waals surface area contributed by atoms with Crippen LogP contribution in [-0.2, 0) is 11.3 Å². The molecular weight excluding hydrogens is 320 g/mol. The molecule has 0 unspecified atom stereocenters. The van der Waals surface area contributed by atoms with Gasteiger partial charge in [-0.2, -0.15) is 0 Å². The van der Waals surface area contributed by atoms with Crippen LogP contribution >= 0.6 is 11.3 Å². The van der Waals surface area contributed by atoms with Gasteiger partial charge in [0, 0.05) is 6.61 Å². The van der Waals surface area contributed by atoms with E-state index < -0.39 is 5.97 Å². The predicted octanol–water partition coefficient (Wildman–Crippen LogP) is 2.52. The highest BCUT2D eigenvalue weighted by molar-refractivity contribution is 7.13. The first-order chi connectivity index (χ1) is 11.0. The number of carboxylic acid groups (broad SMARTS) is 1. The Hall–Kier alpha value is -2.19. The van der Waals surface area contributed by atoms with Crippen molar-refractivity contribution >= 4 is 23.2 Å². The molecule has 2 aromatic rings. The van der Waals surface area contributed by atoms with Gasteiger partial charge in [0.2, 0.25) is 0 Å². The Labute approximate surface area is 136 Å². The van der Waals surface area contributed by atoms with Crippen molar-refractivity contribution < 1.29 is 23.8 Å². The first kappa shape index (κ1) is 15.7. The zero-order chi connectivity index (χ0) is 16.4. The molecule has 8 heteroatoms. The molecule has 0 radical (unpaired) electrons. The van der Waals surface area contributed by atoms with Crippen LogP contribution in [0.2, 0.25) is 0 Å². The van der Waals surface area contributed by atoms with Crippen LogP contribution in [0, 0.1) is 6.92 Å². The minimum absolute atomic E-state index is 0.00704. The Morgan fingerprint density at radius 3 is 3.00 bits per heavy atom. The number of hydrogen-bond acceptors (Lipinski definition) is 6. The molecule has 1 saturated heterocycles. The summed E-state index contributed by atoms with van der Waals surface area (Å²) >= 11 is 1.31. The lowest BCUT2D eigenvalue weighted by Crippen LogP contribution is -2.21. The number of aromatic carboxylic acids is 1. The molecule has 1 atom stereocenters. The lowest BCUT2D eigenvalue weighted by atomic mass is 10.2. The van der Waals surface area contributed by atoms with Crippen molar-refractivity contribution in [2.24, 2.45) is 0 Å². The molecule has 23 heavy (non-hydrogen) atoms. The summed E-state index contributed by atoms with van der Waals surface area (Å²) in [7, 11) is 0. The Morgan fingerprint density at radius 2 is 2.35 bits per heavy atom. The first-order valence-corrected chi connectivity index (χ1v) is 8.04. The zero-order valence-electron chi connectivity index (χ0n) is 12.5. The highest BCUT2D eigenvalue weighted by Crippen LogP contribution is 2.31. The van der Waals surface area contributed by atoms with Gasteiger partial charge < -0.3 is 19.6 Å². The van der Waals surface area contributed by atoms with Gasteiger partial charge in [0.05, 0.1) is 12.7 Å². The largest absolute Gasteiger partial charge is 0.478 e. The molecule has 0 aromatic carbocycles. The van der Waals surface area contributed by atoms with Crippen LogP contribution in [0.3, 0.4) is 0 Å². The van der Waals surface area contributed by atoms with Gasteiger partial charge in [-0.15, -0.1) is 11.3 Å². The Bertz CT molecular complexity index is 730. The highest BCUT2D eigenvalue weighted by Gasteiger charge is 2.22. The molecule has 0 bridgehead atoms. The summed E-state index contributed by atoms with van der Waals surface area (Å²) in [6, 6.07) is 1.42. The van der Waals surface area contributed by atoms with E-state index in [0.29, 0.717) is 16.4 Å². The number of aryl methyl sites for hydroxylation is 1.